The van der Waals surface area contributed by atoms with Gasteiger partial charge in [-0.2, -0.15) is 0 Å². The van der Waals surface area contributed by atoms with Crippen LogP contribution in [0.2, 0.25) is 0 Å². The molecule has 2 aromatic rings. The van der Waals surface area contributed by atoms with E-state index in [2.05, 4.69) is 41.9 Å². The number of aliphatic carboxylic acids is 1. The average Bonchev–Trinajstić information content (AvgIpc) is 2.65. The summed E-state index contributed by atoms with van der Waals surface area (Å²) >= 11 is 6.68. The van der Waals surface area contributed by atoms with E-state index in [1.54, 1.807) is 31.2 Å². The number of nitrogens with one attached hydrogen (secondary N) is 2. The first-order chi connectivity index (χ1) is 13.6. The Morgan fingerprint density at radius 1 is 1.14 bits per heavy atom. The van der Waals surface area contributed by atoms with Gasteiger partial charge in [0.1, 0.15) is 18.9 Å². The normalized spacial score (nSPS) is 11.0. The van der Waals surface area contributed by atoms with Crippen LogP contribution in [0.15, 0.2) is 45.3 Å². The van der Waals surface area contributed by atoms with Crippen molar-refractivity contribution in [1.82, 2.24) is 5.32 Å². The van der Waals surface area contributed by atoms with E-state index in [0.29, 0.717) is 20.4 Å². The number of anilines is 1. The van der Waals surface area contributed by atoms with Crippen LogP contribution in [0.25, 0.3) is 0 Å². The predicted molar refractivity (Wildman–Crippen MR) is 116 cm³/mol. The quantitative estimate of drug-likeness (QED) is 0.441. The number of carboxylic acids is 1. The van der Waals surface area contributed by atoms with E-state index in [0.717, 1.165) is 5.56 Å². The molecule has 0 spiro atoms. The second-order valence-electron chi connectivity index (χ2n) is 5.84. The third-order valence-electron chi connectivity index (χ3n) is 3.62. The Balaban J connectivity index is 2.11. The fraction of sp³-hybridized carbons (Fsp3) is 0.222. The Kier molecular flexibility index (Phi) is 8.05. The van der Waals surface area contributed by atoms with Gasteiger partial charge in [0.05, 0.1) is 14.7 Å². The lowest BCUT2D eigenvalue weighted by Crippen LogP contribution is -2.29. The largest absolute Gasteiger partial charge is 0.487 e. The highest BCUT2D eigenvalue weighted by atomic mass is 79.9. The van der Waals surface area contributed by atoms with Crippen molar-refractivity contribution in [3.05, 3.63) is 56.5 Å². The topological polar surface area (TPSA) is 122 Å². The molecular weight excluding hydrogens is 532 g/mol. The average molecular weight is 550 g/mol. The molecule has 29 heavy (non-hydrogen) atoms. The summed E-state index contributed by atoms with van der Waals surface area (Å²) in [7, 11) is -3.37. The summed E-state index contributed by atoms with van der Waals surface area (Å²) < 4.78 is 32.7. The van der Waals surface area contributed by atoms with Gasteiger partial charge >= 0.3 is 5.97 Å². The fourth-order valence-corrected chi connectivity index (χ4v) is 4.26. The molecule has 0 aromatic heterocycles. The first-order valence-corrected chi connectivity index (χ1v) is 11.6. The zero-order valence-corrected chi connectivity index (χ0v) is 19.2. The molecule has 0 saturated heterocycles. The smallest absolute Gasteiger partial charge is 0.322 e. The van der Waals surface area contributed by atoms with Gasteiger partial charge in [0.2, 0.25) is 10.0 Å². The molecular formula is C18H18Br2N2O6S. The van der Waals surface area contributed by atoms with E-state index in [9.17, 15) is 18.0 Å². The van der Waals surface area contributed by atoms with Gasteiger partial charge in [-0.05, 0) is 68.6 Å². The third kappa shape index (κ3) is 7.02. The molecule has 0 saturated carbocycles. The number of sulfonamides is 1. The maximum Gasteiger partial charge on any atom is 0.322 e. The molecule has 2 rings (SSSR count). The van der Waals surface area contributed by atoms with E-state index in [1.807, 2.05) is 0 Å². The first kappa shape index (κ1) is 23.2. The minimum atomic E-state index is -3.37. The fourth-order valence-electron chi connectivity index (χ4n) is 2.22. The number of benzene rings is 2. The van der Waals surface area contributed by atoms with Crippen LogP contribution in [0.4, 0.5) is 5.69 Å². The number of carbonyl (C=O) groups is 2. The van der Waals surface area contributed by atoms with Crippen molar-refractivity contribution in [2.24, 2.45) is 0 Å². The van der Waals surface area contributed by atoms with Crippen LogP contribution in [0, 0.1) is 0 Å². The molecule has 11 heteroatoms. The van der Waals surface area contributed by atoms with Crippen molar-refractivity contribution in [3.8, 4) is 5.75 Å². The van der Waals surface area contributed by atoms with Crippen molar-refractivity contribution in [1.29, 1.82) is 0 Å². The lowest BCUT2D eigenvalue weighted by molar-refractivity contribution is -0.135. The molecule has 0 radical (unpaired) electrons. The predicted octanol–water partition coefficient (Wildman–Crippen LogP) is 3.37. The standard InChI is InChI=1S/C18H18Br2N2O6S/c1-2-29(26,27)22-13-5-3-4-11(6-13)10-28-17-14(19)7-12(8-15(17)20)18(25)21-9-16(23)24/h3-8,22H,2,9-10H2,1H3,(H,21,25)(H,23,24). The number of halogens is 2. The number of amides is 1. The Hall–Kier alpha value is -2.11. The van der Waals surface area contributed by atoms with Crippen molar-refractivity contribution in [2.75, 3.05) is 17.0 Å². The zero-order valence-electron chi connectivity index (χ0n) is 15.2. The van der Waals surface area contributed by atoms with Crippen molar-refractivity contribution >= 4 is 59.4 Å². The molecule has 0 fully saturated rings. The molecule has 0 atom stereocenters. The van der Waals surface area contributed by atoms with Crippen molar-refractivity contribution in [3.63, 3.8) is 0 Å². The van der Waals surface area contributed by atoms with Crippen LogP contribution >= 0.6 is 31.9 Å². The summed E-state index contributed by atoms with van der Waals surface area (Å²) in [6, 6.07) is 9.85. The molecule has 0 aliphatic carbocycles. The van der Waals surface area contributed by atoms with Gasteiger partial charge in [0.25, 0.3) is 5.91 Å². The lowest BCUT2D eigenvalue weighted by atomic mass is 10.2. The summed E-state index contributed by atoms with van der Waals surface area (Å²) in [5.41, 5.74) is 1.44. The van der Waals surface area contributed by atoms with Crippen LogP contribution in [-0.2, 0) is 21.4 Å². The van der Waals surface area contributed by atoms with E-state index in [1.165, 1.54) is 12.1 Å². The second-order valence-corrected chi connectivity index (χ2v) is 9.56. The maximum atomic E-state index is 12.0. The minimum Gasteiger partial charge on any atom is -0.487 e. The highest BCUT2D eigenvalue weighted by molar-refractivity contribution is 9.11. The summed E-state index contributed by atoms with van der Waals surface area (Å²) in [6.45, 7) is 1.23. The Morgan fingerprint density at radius 2 is 1.79 bits per heavy atom. The van der Waals surface area contributed by atoms with Crippen LogP contribution in [-0.4, -0.2) is 37.7 Å². The van der Waals surface area contributed by atoms with Gasteiger partial charge in [-0.25, -0.2) is 8.42 Å². The van der Waals surface area contributed by atoms with Gasteiger partial charge in [-0.1, -0.05) is 12.1 Å². The van der Waals surface area contributed by atoms with Gasteiger partial charge in [0, 0.05) is 11.3 Å². The summed E-state index contributed by atoms with van der Waals surface area (Å²) in [5.74, 6) is -1.25. The van der Waals surface area contributed by atoms with Crippen LogP contribution in [0.3, 0.4) is 0 Å². The monoisotopic (exact) mass is 548 g/mol. The van der Waals surface area contributed by atoms with E-state index in [4.69, 9.17) is 9.84 Å². The molecule has 0 aliphatic rings. The van der Waals surface area contributed by atoms with E-state index < -0.39 is 28.4 Å². The molecule has 3 N–H and O–H groups in total. The van der Waals surface area contributed by atoms with Gasteiger partial charge in [-0.3, -0.25) is 14.3 Å². The Labute approximate surface area is 185 Å². The molecule has 8 nitrogen and oxygen atoms in total. The second kappa shape index (κ2) is 10.1. The number of ether oxygens (including phenoxy) is 1. The minimum absolute atomic E-state index is 0.0278. The number of carbonyl (C=O) groups excluding carboxylic acids is 1. The van der Waals surface area contributed by atoms with E-state index in [-0.39, 0.29) is 17.9 Å². The summed E-state index contributed by atoms with van der Waals surface area (Å²) in [5, 5.41) is 10.9. The van der Waals surface area contributed by atoms with Gasteiger partial charge in [-0.15, -0.1) is 0 Å². The number of rotatable bonds is 9. The highest BCUT2D eigenvalue weighted by Crippen LogP contribution is 2.35. The number of carboxylic acid groups (broad SMARTS) is 1. The van der Waals surface area contributed by atoms with Crippen molar-refractivity contribution < 1.29 is 27.9 Å². The first-order valence-electron chi connectivity index (χ1n) is 8.32. The SMILES string of the molecule is CCS(=O)(=O)Nc1cccc(COc2c(Br)cc(C(=O)NCC(=O)O)cc2Br)c1. The summed E-state index contributed by atoms with van der Waals surface area (Å²) in [6.07, 6.45) is 0. The summed E-state index contributed by atoms with van der Waals surface area (Å²) in [4.78, 5) is 22.6. The number of hydrogen-bond acceptors (Lipinski definition) is 5. The molecule has 0 bridgehead atoms. The van der Waals surface area contributed by atoms with Crippen molar-refractivity contribution in [2.45, 2.75) is 13.5 Å². The highest BCUT2D eigenvalue weighted by Gasteiger charge is 2.15. The van der Waals surface area contributed by atoms with Gasteiger partial charge < -0.3 is 15.2 Å². The van der Waals surface area contributed by atoms with Crippen LogP contribution in [0.1, 0.15) is 22.8 Å². The van der Waals surface area contributed by atoms with Gasteiger partial charge in [0.15, 0.2) is 0 Å². The molecule has 156 valence electrons. The third-order valence-corrected chi connectivity index (χ3v) is 6.11. The maximum absolute atomic E-state index is 12.0. The van der Waals surface area contributed by atoms with Crippen LogP contribution < -0.4 is 14.8 Å². The molecule has 0 unspecified atom stereocenters. The van der Waals surface area contributed by atoms with E-state index >= 15 is 0 Å². The Bertz CT molecular complexity index is 1000. The number of hydrogen-bond donors (Lipinski definition) is 3. The molecule has 0 heterocycles. The lowest BCUT2D eigenvalue weighted by Gasteiger charge is -2.13. The molecule has 1 amide bonds. The molecule has 2 aromatic carbocycles. The Morgan fingerprint density at radius 3 is 2.38 bits per heavy atom. The zero-order chi connectivity index (χ0) is 21.6. The molecule has 0 aliphatic heterocycles. The van der Waals surface area contributed by atoms with Crippen LogP contribution in [0.5, 0.6) is 5.75 Å².